The first-order valence-corrected chi connectivity index (χ1v) is 13.0. The van der Waals surface area contributed by atoms with Crippen LogP contribution in [0.2, 0.25) is 5.04 Å². The summed E-state index contributed by atoms with van der Waals surface area (Å²) in [7, 11) is -2.59. The van der Waals surface area contributed by atoms with Crippen LogP contribution in [0.3, 0.4) is 0 Å². The van der Waals surface area contributed by atoms with Gasteiger partial charge in [-0.15, -0.1) is 0 Å². The summed E-state index contributed by atoms with van der Waals surface area (Å²) in [5, 5.41) is 23.6. The molecule has 0 spiro atoms. The van der Waals surface area contributed by atoms with Crippen LogP contribution in [0, 0.1) is 5.92 Å². The molecule has 0 aliphatic rings. The molecule has 3 nitrogen and oxygen atoms in total. The van der Waals surface area contributed by atoms with Crippen molar-refractivity contribution in [1.82, 2.24) is 0 Å². The van der Waals surface area contributed by atoms with Crippen LogP contribution in [0.1, 0.15) is 60.8 Å². The lowest BCUT2D eigenvalue weighted by atomic mass is 9.91. The molecule has 166 valence electrons. The van der Waals surface area contributed by atoms with Crippen molar-refractivity contribution in [1.29, 1.82) is 0 Å². The van der Waals surface area contributed by atoms with Crippen LogP contribution in [0.15, 0.2) is 60.7 Å². The zero-order chi connectivity index (χ0) is 22.4. The normalized spacial score (nSPS) is 15.8. The van der Waals surface area contributed by atoms with E-state index in [1.54, 1.807) is 0 Å². The van der Waals surface area contributed by atoms with Gasteiger partial charge >= 0.3 is 0 Å². The monoisotopic (exact) mass is 428 g/mol. The van der Waals surface area contributed by atoms with Crippen molar-refractivity contribution in [3.8, 4) is 0 Å². The van der Waals surface area contributed by atoms with Gasteiger partial charge < -0.3 is 14.6 Å². The third kappa shape index (κ3) is 6.27. The number of rotatable bonds is 10. The summed E-state index contributed by atoms with van der Waals surface area (Å²) in [5.74, 6) is 0.407. The third-order valence-corrected chi connectivity index (χ3v) is 10.8. The second kappa shape index (κ2) is 10.2. The van der Waals surface area contributed by atoms with Gasteiger partial charge in [-0.2, -0.15) is 0 Å². The lowest BCUT2D eigenvalue weighted by molar-refractivity contribution is -0.0162. The molecular weight excluding hydrogens is 388 g/mol. The molecule has 0 fully saturated rings. The molecule has 0 bridgehead atoms. The maximum Gasteiger partial charge on any atom is 0.261 e. The molecule has 0 aliphatic heterocycles. The summed E-state index contributed by atoms with van der Waals surface area (Å²) in [5.41, 5.74) is -0.959. The standard InChI is InChI=1S/C26H40O3Si/c1-21(2)19-22(27)20-26(6,28)17-18-29-30(25(3,4)5,23-13-9-7-10-14-23)24-15-11-8-12-16-24/h7-16,21-22,27-28H,17-20H2,1-6H3/t22?,26-/m1/s1. The van der Waals surface area contributed by atoms with Gasteiger partial charge in [0, 0.05) is 13.0 Å². The van der Waals surface area contributed by atoms with E-state index in [1.807, 2.05) is 19.1 Å². The van der Waals surface area contributed by atoms with E-state index in [-0.39, 0.29) is 5.04 Å². The number of hydrogen-bond donors (Lipinski definition) is 2. The van der Waals surface area contributed by atoms with Gasteiger partial charge in [0.2, 0.25) is 0 Å². The van der Waals surface area contributed by atoms with Crippen LogP contribution < -0.4 is 10.4 Å². The fourth-order valence-electron chi connectivity index (χ4n) is 4.42. The quantitative estimate of drug-likeness (QED) is 0.548. The van der Waals surface area contributed by atoms with Crippen molar-refractivity contribution >= 4 is 18.7 Å². The Morgan fingerprint density at radius 3 is 1.73 bits per heavy atom. The smallest absolute Gasteiger partial charge is 0.261 e. The molecule has 2 aromatic carbocycles. The van der Waals surface area contributed by atoms with Crippen LogP contribution in [0.5, 0.6) is 0 Å². The molecule has 4 heteroatoms. The molecule has 0 amide bonds. The number of aliphatic hydroxyl groups excluding tert-OH is 1. The topological polar surface area (TPSA) is 49.7 Å². The lowest BCUT2D eigenvalue weighted by Gasteiger charge is -2.43. The average molecular weight is 429 g/mol. The summed E-state index contributed by atoms with van der Waals surface area (Å²) < 4.78 is 6.86. The molecule has 30 heavy (non-hydrogen) atoms. The molecule has 0 heterocycles. The van der Waals surface area contributed by atoms with E-state index in [9.17, 15) is 10.2 Å². The van der Waals surface area contributed by atoms with Crippen molar-refractivity contribution in [2.45, 2.75) is 77.5 Å². The average Bonchev–Trinajstić information content (AvgIpc) is 2.64. The molecule has 0 radical (unpaired) electrons. The second-order valence-electron chi connectivity index (χ2n) is 10.2. The second-order valence-corrected chi connectivity index (χ2v) is 14.6. The molecule has 0 aliphatic carbocycles. The summed E-state index contributed by atoms with van der Waals surface area (Å²) >= 11 is 0. The third-order valence-electron chi connectivity index (χ3n) is 5.79. The maximum atomic E-state index is 10.9. The molecule has 0 saturated heterocycles. The molecule has 1 unspecified atom stereocenters. The van der Waals surface area contributed by atoms with Crippen molar-refractivity contribution in [3.05, 3.63) is 60.7 Å². The predicted molar refractivity (Wildman–Crippen MR) is 129 cm³/mol. The summed E-state index contributed by atoms with van der Waals surface area (Å²) in [6, 6.07) is 21.1. The minimum atomic E-state index is -2.59. The van der Waals surface area contributed by atoms with Crippen LogP contribution in [0.25, 0.3) is 0 Å². The molecule has 2 aromatic rings. The first-order chi connectivity index (χ1) is 14.0. The zero-order valence-corrected chi connectivity index (χ0v) is 20.6. The number of aliphatic hydroxyl groups is 2. The fourth-order valence-corrected chi connectivity index (χ4v) is 8.99. The van der Waals surface area contributed by atoms with Gasteiger partial charge in [-0.3, -0.25) is 0 Å². The van der Waals surface area contributed by atoms with Gasteiger partial charge in [0.1, 0.15) is 0 Å². The van der Waals surface area contributed by atoms with Crippen molar-refractivity contribution in [2.24, 2.45) is 5.92 Å². The molecule has 2 N–H and O–H groups in total. The Kier molecular flexibility index (Phi) is 8.46. The van der Waals surface area contributed by atoms with E-state index in [0.717, 1.165) is 0 Å². The van der Waals surface area contributed by atoms with E-state index in [2.05, 4.69) is 83.1 Å². The van der Waals surface area contributed by atoms with Gasteiger partial charge in [-0.05, 0) is 41.1 Å². The molecule has 0 aromatic heterocycles. The summed E-state index contributed by atoms with van der Waals surface area (Å²) in [6.07, 6.45) is 1.07. The first-order valence-electron chi connectivity index (χ1n) is 11.1. The van der Waals surface area contributed by atoms with Gasteiger partial charge in [-0.25, -0.2) is 0 Å². The SMILES string of the molecule is CC(C)CC(O)C[C@](C)(O)CCO[Si](c1ccccc1)(c1ccccc1)C(C)(C)C. The van der Waals surface area contributed by atoms with Gasteiger partial charge in [0.15, 0.2) is 0 Å². The van der Waals surface area contributed by atoms with Crippen LogP contribution >= 0.6 is 0 Å². The molecule has 0 saturated carbocycles. The van der Waals surface area contributed by atoms with E-state index in [0.29, 0.717) is 31.8 Å². The van der Waals surface area contributed by atoms with Crippen molar-refractivity contribution in [3.63, 3.8) is 0 Å². The zero-order valence-electron chi connectivity index (χ0n) is 19.6. The molecule has 2 rings (SSSR count). The Balaban J connectivity index is 2.29. The Morgan fingerprint density at radius 2 is 1.33 bits per heavy atom. The van der Waals surface area contributed by atoms with Crippen molar-refractivity contribution < 1.29 is 14.6 Å². The van der Waals surface area contributed by atoms with Crippen LogP contribution in [0.4, 0.5) is 0 Å². The van der Waals surface area contributed by atoms with E-state index >= 15 is 0 Å². The van der Waals surface area contributed by atoms with Gasteiger partial charge in [-0.1, -0.05) is 95.3 Å². The maximum absolute atomic E-state index is 10.9. The lowest BCUT2D eigenvalue weighted by Crippen LogP contribution is -2.66. The van der Waals surface area contributed by atoms with E-state index in [4.69, 9.17) is 4.43 Å². The Hall–Kier alpha value is -1.46. The Bertz CT molecular complexity index is 711. The Morgan fingerprint density at radius 1 is 0.867 bits per heavy atom. The minimum Gasteiger partial charge on any atom is -0.407 e. The largest absolute Gasteiger partial charge is 0.407 e. The van der Waals surface area contributed by atoms with Crippen LogP contribution in [-0.2, 0) is 4.43 Å². The van der Waals surface area contributed by atoms with E-state index < -0.39 is 20.0 Å². The number of hydrogen-bond acceptors (Lipinski definition) is 3. The highest BCUT2D eigenvalue weighted by molar-refractivity contribution is 6.99. The molecular formula is C26H40O3Si. The van der Waals surface area contributed by atoms with Gasteiger partial charge in [0.25, 0.3) is 8.32 Å². The van der Waals surface area contributed by atoms with Crippen molar-refractivity contribution in [2.75, 3.05) is 6.61 Å². The summed E-state index contributed by atoms with van der Waals surface area (Å²) in [6.45, 7) is 13.2. The highest BCUT2D eigenvalue weighted by Gasteiger charge is 2.50. The summed E-state index contributed by atoms with van der Waals surface area (Å²) in [4.78, 5) is 0. The minimum absolute atomic E-state index is 0.0846. The van der Waals surface area contributed by atoms with Gasteiger partial charge in [0.05, 0.1) is 11.7 Å². The predicted octanol–water partition coefficient (Wildman–Crippen LogP) is 4.50. The highest BCUT2D eigenvalue weighted by atomic mass is 28.4. The highest BCUT2D eigenvalue weighted by Crippen LogP contribution is 2.37. The Labute approximate surface area is 184 Å². The van der Waals surface area contributed by atoms with E-state index in [1.165, 1.54) is 10.4 Å². The first kappa shape index (κ1) is 24.8. The van der Waals surface area contributed by atoms with Crippen LogP contribution in [-0.4, -0.2) is 36.8 Å². The number of benzene rings is 2. The fraction of sp³-hybridized carbons (Fsp3) is 0.538. The molecule has 2 atom stereocenters.